The van der Waals surface area contributed by atoms with Crippen LogP contribution in [0.25, 0.3) is 11.4 Å². The highest BCUT2D eigenvalue weighted by molar-refractivity contribution is 6.10. The Hall–Kier alpha value is -3.55. The normalized spacial score (nSPS) is 11.2. The number of nitrogens with zero attached hydrogens (tertiary/aromatic N) is 3. The zero-order chi connectivity index (χ0) is 20.1. The molecule has 28 heavy (non-hydrogen) atoms. The van der Waals surface area contributed by atoms with Gasteiger partial charge in [-0.25, -0.2) is 0 Å². The summed E-state index contributed by atoms with van der Waals surface area (Å²) in [6, 6.07) is 11.3. The second kappa shape index (κ2) is 8.43. The summed E-state index contributed by atoms with van der Waals surface area (Å²) in [6.45, 7) is 2.01. The molecule has 3 aromatic rings. The van der Waals surface area contributed by atoms with Crippen LogP contribution in [-0.2, 0) is 4.84 Å². The van der Waals surface area contributed by atoms with Gasteiger partial charge in [0.25, 0.3) is 5.89 Å². The molecule has 0 saturated carbocycles. The van der Waals surface area contributed by atoms with Gasteiger partial charge in [-0.1, -0.05) is 40.1 Å². The van der Waals surface area contributed by atoms with Crippen LogP contribution in [0.2, 0.25) is 0 Å². The zero-order valence-electron chi connectivity index (χ0n) is 16.3. The van der Waals surface area contributed by atoms with E-state index in [1.165, 1.54) is 28.4 Å². The van der Waals surface area contributed by atoms with Crippen LogP contribution in [0.1, 0.15) is 17.0 Å². The molecule has 146 valence electrons. The second-order valence-electron chi connectivity index (χ2n) is 5.83. The molecule has 0 fully saturated rings. The number of benzene rings is 2. The Kier molecular flexibility index (Phi) is 5.78. The molecule has 3 rings (SSSR count). The lowest BCUT2D eigenvalue weighted by molar-refractivity contribution is 0.212. The summed E-state index contributed by atoms with van der Waals surface area (Å²) in [5.74, 6) is 2.06. The molecule has 1 aromatic heterocycles. The largest absolute Gasteiger partial charge is 0.493 e. The molecule has 0 aliphatic heterocycles. The van der Waals surface area contributed by atoms with Gasteiger partial charge in [0.1, 0.15) is 7.11 Å². The quantitative estimate of drug-likeness (QED) is 0.456. The van der Waals surface area contributed by atoms with Crippen molar-refractivity contribution in [2.75, 3.05) is 28.4 Å². The SMILES string of the molecule is CO/N=C(/c1cc(OC)c(OC)c(OC)c1)c1nc(-c2ccc(C)cc2)no1. The summed E-state index contributed by atoms with van der Waals surface area (Å²) >= 11 is 0. The predicted octanol–water partition coefficient (Wildman–Crippen LogP) is 3.47. The van der Waals surface area contributed by atoms with E-state index in [1.807, 2.05) is 31.2 Å². The van der Waals surface area contributed by atoms with E-state index < -0.39 is 0 Å². The Balaban J connectivity index is 2.06. The molecule has 2 aromatic carbocycles. The van der Waals surface area contributed by atoms with Crippen molar-refractivity contribution in [2.45, 2.75) is 6.92 Å². The van der Waals surface area contributed by atoms with Crippen molar-refractivity contribution in [1.29, 1.82) is 0 Å². The van der Waals surface area contributed by atoms with E-state index >= 15 is 0 Å². The van der Waals surface area contributed by atoms with Crippen LogP contribution < -0.4 is 14.2 Å². The third kappa shape index (κ3) is 3.75. The fourth-order valence-electron chi connectivity index (χ4n) is 2.66. The maximum atomic E-state index is 5.44. The van der Waals surface area contributed by atoms with Crippen LogP contribution >= 0.6 is 0 Å². The van der Waals surface area contributed by atoms with Crippen LogP contribution in [-0.4, -0.2) is 44.3 Å². The van der Waals surface area contributed by atoms with Gasteiger partial charge < -0.3 is 23.6 Å². The van der Waals surface area contributed by atoms with Crippen molar-refractivity contribution < 1.29 is 23.6 Å². The van der Waals surface area contributed by atoms with Gasteiger partial charge in [0.05, 0.1) is 21.3 Å². The monoisotopic (exact) mass is 383 g/mol. The van der Waals surface area contributed by atoms with Gasteiger partial charge in [0, 0.05) is 11.1 Å². The molecule has 0 aliphatic carbocycles. The Morgan fingerprint density at radius 2 is 1.57 bits per heavy atom. The molecule has 0 bridgehead atoms. The minimum Gasteiger partial charge on any atom is -0.493 e. The molecule has 0 N–H and O–H groups in total. The highest BCUT2D eigenvalue weighted by atomic mass is 16.6. The lowest BCUT2D eigenvalue weighted by atomic mass is 10.1. The smallest absolute Gasteiger partial charge is 0.280 e. The van der Waals surface area contributed by atoms with Gasteiger partial charge in [0.15, 0.2) is 17.2 Å². The number of oxime groups is 1. The van der Waals surface area contributed by atoms with Gasteiger partial charge in [-0.05, 0) is 19.1 Å². The average molecular weight is 383 g/mol. The molecular formula is C20H21N3O5. The summed E-state index contributed by atoms with van der Waals surface area (Å²) in [5.41, 5.74) is 2.93. The number of ether oxygens (including phenoxy) is 3. The Morgan fingerprint density at radius 3 is 2.11 bits per heavy atom. The van der Waals surface area contributed by atoms with Crippen molar-refractivity contribution in [3.63, 3.8) is 0 Å². The van der Waals surface area contributed by atoms with E-state index in [-0.39, 0.29) is 5.89 Å². The van der Waals surface area contributed by atoms with E-state index in [0.717, 1.165) is 11.1 Å². The van der Waals surface area contributed by atoms with Crippen molar-refractivity contribution in [1.82, 2.24) is 10.1 Å². The number of hydrogen-bond acceptors (Lipinski definition) is 8. The number of hydrogen-bond donors (Lipinski definition) is 0. The molecule has 0 spiro atoms. The van der Waals surface area contributed by atoms with E-state index in [0.29, 0.717) is 34.3 Å². The van der Waals surface area contributed by atoms with Crippen LogP contribution in [0.5, 0.6) is 17.2 Å². The molecular weight excluding hydrogens is 362 g/mol. The van der Waals surface area contributed by atoms with Gasteiger partial charge in [0.2, 0.25) is 11.6 Å². The molecule has 0 atom stereocenters. The summed E-state index contributed by atoms with van der Waals surface area (Å²) < 4.78 is 21.6. The van der Waals surface area contributed by atoms with Gasteiger partial charge in [-0.2, -0.15) is 4.98 Å². The van der Waals surface area contributed by atoms with E-state index in [1.54, 1.807) is 12.1 Å². The minimum atomic E-state index is 0.201. The molecule has 8 nitrogen and oxygen atoms in total. The van der Waals surface area contributed by atoms with Crippen molar-refractivity contribution in [3.8, 4) is 28.6 Å². The maximum Gasteiger partial charge on any atom is 0.280 e. The molecule has 0 unspecified atom stereocenters. The first-order chi connectivity index (χ1) is 13.6. The molecule has 1 heterocycles. The maximum absolute atomic E-state index is 5.44. The highest BCUT2D eigenvalue weighted by Crippen LogP contribution is 2.38. The van der Waals surface area contributed by atoms with Crippen molar-refractivity contribution in [3.05, 3.63) is 53.4 Å². The van der Waals surface area contributed by atoms with E-state index in [9.17, 15) is 0 Å². The fourth-order valence-corrected chi connectivity index (χ4v) is 2.66. The van der Waals surface area contributed by atoms with E-state index in [2.05, 4.69) is 15.3 Å². The third-order valence-electron chi connectivity index (χ3n) is 4.06. The third-order valence-corrected chi connectivity index (χ3v) is 4.06. The summed E-state index contributed by atoms with van der Waals surface area (Å²) in [4.78, 5) is 9.45. The zero-order valence-corrected chi connectivity index (χ0v) is 16.3. The number of aryl methyl sites for hydroxylation is 1. The van der Waals surface area contributed by atoms with Crippen LogP contribution in [0.3, 0.4) is 0 Å². The number of aromatic nitrogens is 2. The highest BCUT2D eigenvalue weighted by Gasteiger charge is 2.22. The molecule has 0 aliphatic rings. The summed E-state index contributed by atoms with van der Waals surface area (Å²) in [5, 5.41) is 8.11. The van der Waals surface area contributed by atoms with E-state index in [4.69, 9.17) is 23.6 Å². The van der Waals surface area contributed by atoms with Crippen LogP contribution in [0.15, 0.2) is 46.1 Å². The van der Waals surface area contributed by atoms with Gasteiger partial charge in [-0.3, -0.25) is 0 Å². The lowest BCUT2D eigenvalue weighted by Gasteiger charge is -2.13. The molecule has 0 amide bonds. The average Bonchev–Trinajstić information content (AvgIpc) is 3.21. The second-order valence-corrected chi connectivity index (χ2v) is 5.83. The standard InChI is InChI=1S/C20H21N3O5/c1-12-6-8-13(9-7-12)19-21-20(28-23-19)17(22-27-5)14-10-15(24-2)18(26-4)16(11-14)25-3/h6-11H,1-5H3/b22-17-. The first-order valence-corrected chi connectivity index (χ1v) is 8.44. The minimum absolute atomic E-state index is 0.201. The van der Waals surface area contributed by atoms with Crippen LogP contribution in [0, 0.1) is 6.92 Å². The predicted molar refractivity (Wildman–Crippen MR) is 103 cm³/mol. The number of rotatable bonds is 7. The fraction of sp³-hybridized carbons (Fsp3) is 0.250. The van der Waals surface area contributed by atoms with Gasteiger partial charge >= 0.3 is 0 Å². The lowest BCUT2D eigenvalue weighted by Crippen LogP contribution is -2.07. The summed E-state index contributed by atoms with van der Waals surface area (Å²) in [6.07, 6.45) is 0. The Bertz CT molecular complexity index is 955. The first kappa shape index (κ1) is 19.2. The molecule has 0 saturated heterocycles. The molecule has 0 radical (unpaired) electrons. The topological polar surface area (TPSA) is 88.2 Å². The molecule has 8 heteroatoms. The Morgan fingerprint density at radius 1 is 0.929 bits per heavy atom. The van der Waals surface area contributed by atoms with Crippen molar-refractivity contribution in [2.24, 2.45) is 5.16 Å². The van der Waals surface area contributed by atoms with Crippen molar-refractivity contribution >= 4 is 5.71 Å². The Labute approximate surface area is 162 Å². The number of methoxy groups -OCH3 is 3. The van der Waals surface area contributed by atoms with Gasteiger partial charge in [-0.15, -0.1) is 0 Å². The first-order valence-electron chi connectivity index (χ1n) is 8.44. The summed E-state index contributed by atoms with van der Waals surface area (Å²) in [7, 11) is 6.05. The van der Waals surface area contributed by atoms with Crippen LogP contribution in [0.4, 0.5) is 0 Å².